The molecule has 7 heteroatoms. The van der Waals surface area contributed by atoms with Gasteiger partial charge in [0.2, 0.25) is 0 Å². The molecule has 1 aromatic heterocycles. The molecular weight excluding hydrogens is 355 g/mol. The van der Waals surface area contributed by atoms with E-state index in [9.17, 15) is 13.2 Å². The summed E-state index contributed by atoms with van der Waals surface area (Å²) in [5.74, 6) is -0.250. The standard InChI is InChI=1S/C13H11BrF3NOS/c1-8-2-4-10(20-8)7-18-11-5-3-9(14)6-12(11)19-13(15,16)17/h2-6,18H,7H2,1H3. The number of hydrogen-bond acceptors (Lipinski definition) is 3. The fraction of sp³-hybridized carbons (Fsp3) is 0.231. The van der Waals surface area contributed by atoms with Crippen molar-refractivity contribution in [3.8, 4) is 5.75 Å². The lowest BCUT2D eigenvalue weighted by Gasteiger charge is -2.14. The Morgan fingerprint density at radius 3 is 2.60 bits per heavy atom. The molecule has 1 heterocycles. The predicted octanol–water partition coefficient (Wildman–Crippen LogP) is 5.33. The fourth-order valence-electron chi connectivity index (χ4n) is 1.61. The number of alkyl halides is 3. The number of aryl methyl sites for hydroxylation is 1. The Kier molecular flexibility index (Phi) is 4.59. The molecule has 0 aliphatic rings. The van der Waals surface area contributed by atoms with Gasteiger partial charge < -0.3 is 10.1 Å². The Morgan fingerprint density at radius 2 is 2.00 bits per heavy atom. The molecule has 108 valence electrons. The van der Waals surface area contributed by atoms with E-state index in [2.05, 4.69) is 26.0 Å². The largest absolute Gasteiger partial charge is 0.573 e. The molecule has 0 atom stereocenters. The number of nitrogens with one attached hydrogen (secondary N) is 1. The van der Waals surface area contributed by atoms with Crippen LogP contribution >= 0.6 is 27.3 Å². The zero-order valence-electron chi connectivity index (χ0n) is 10.4. The van der Waals surface area contributed by atoms with Crippen LogP contribution < -0.4 is 10.1 Å². The van der Waals surface area contributed by atoms with Crippen LogP contribution in [0.1, 0.15) is 9.75 Å². The number of anilines is 1. The van der Waals surface area contributed by atoms with E-state index in [0.29, 0.717) is 16.7 Å². The highest BCUT2D eigenvalue weighted by Gasteiger charge is 2.32. The van der Waals surface area contributed by atoms with Crippen molar-refractivity contribution in [1.82, 2.24) is 0 Å². The number of hydrogen-bond donors (Lipinski definition) is 1. The first-order valence-corrected chi connectivity index (χ1v) is 7.29. The van der Waals surface area contributed by atoms with E-state index in [4.69, 9.17) is 0 Å². The maximum Gasteiger partial charge on any atom is 0.573 e. The molecule has 0 fully saturated rings. The average Bonchev–Trinajstić information content (AvgIpc) is 2.72. The highest BCUT2D eigenvalue weighted by molar-refractivity contribution is 9.10. The second-order valence-corrected chi connectivity index (χ2v) is 6.34. The molecule has 1 aromatic carbocycles. The molecule has 0 aliphatic heterocycles. The van der Waals surface area contributed by atoms with Crippen molar-refractivity contribution in [3.05, 3.63) is 44.6 Å². The number of rotatable bonds is 4. The molecule has 2 aromatic rings. The van der Waals surface area contributed by atoms with Crippen molar-refractivity contribution < 1.29 is 17.9 Å². The van der Waals surface area contributed by atoms with E-state index in [-0.39, 0.29) is 5.75 Å². The lowest BCUT2D eigenvalue weighted by atomic mass is 10.3. The first kappa shape index (κ1) is 15.2. The topological polar surface area (TPSA) is 21.3 Å². The van der Waals surface area contributed by atoms with Crippen molar-refractivity contribution in [1.29, 1.82) is 0 Å². The van der Waals surface area contributed by atoms with E-state index >= 15 is 0 Å². The number of thiophene rings is 1. The summed E-state index contributed by atoms with van der Waals surface area (Å²) in [5.41, 5.74) is 0.302. The second kappa shape index (κ2) is 6.05. The first-order valence-electron chi connectivity index (χ1n) is 5.68. The Hall–Kier alpha value is -1.21. The molecule has 0 unspecified atom stereocenters. The van der Waals surface area contributed by atoms with E-state index in [1.54, 1.807) is 23.5 Å². The van der Waals surface area contributed by atoms with Crippen molar-refractivity contribution >= 4 is 33.0 Å². The van der Waals surface area contributed by atoms with Gasteiger partial charge in [0.1, 0.15) is 0 Å². The van der Waals surface area contributed by atoms with Gasteiger partial charge in [-0.1, -0.05) is 15.9 Å². The molecule has 1 N–H and O–H groups in total. The molecule has 0 spiro atoms. The molecule has 0 saturated carbocycles. The van der Waals surface area contributed by atoms with Crippen LogP contribution in [0.15, 0.2) is 34.8 Å². The van der Waals surface area contributed by atoms with Crippen LogP contribution in [0.25, 0.3) is 0 Å². The van der Waals surface area contributed by atoms with Gasteiger partial charge in [0.15, 0.2) is 5.75 Å². The molecule has 0 amide bonds. The van der Waals surface area contributed by atoms with E-state index < -0.39 is 6.36 Å². The third-order valence-corrected chi connectivity index (χ3v) is 3.91. The van der Waals surface area contributed by atoms with Gasteiger partial charge in [-0.3, -0.25) is 0 Å². The van der Waals surface area contributed by atoms with Gasteiger partial charge in [0.25, 0.3) is 0 Å². The lowest BCUT2D eigenvalue weighted by molar-refractivity contribution is -0.274. The highest BCUT2D eigenvalue weighted by Crippen LogP contribution is 2.33. The van der Waals surface area contributed by atoms with Gasteiger partial charge in [-0.05, 0) is 37.3 Å². The Balaban J connectivity index is 2.14. The van der Waals surface area contributed by atoms with Crippen LogP contribution in [-0.2, 0) is 6.54 Å². The Morgan fingerprint density at radius 1 is 1.25 bits per heavy atom. The molecule has 2 rings (SSSR count). The van der Waals surface area contributed by atoms with Gasteiger partial charge in [-0.15, -0.1) is 24.5 Å². The van der Waals surface area contributed by atoms with Crippen LogP contribution in [0, 0.1) is 6.92 Å². The second-order valence-electron chi connectivity index (χ2n) is 4.05. The third-order valence-electron chi connectivity index (χ3n) is 2.42. The summed E-state index contributed by atoms with van der Waals surface area (Å²) in [4.78, 5) is 2.20. The van der Waals surface area contributed by atoms with Crippen molar-refractivity contribution in [2.75, 3.05) is 5.32 Å². The van der Waals surface area contributed by atoms with Gasteiger partial charge in [-0.25, -0.2) is 0 Å². The third kappa shape index (κ3) is 4.42. The normalized spacial score (nSPS) is 11.4. The van der Waals surface area contributed by atoms with E-state index in [1.165, 1.54) is 6.07 Å². The Labute approximate surface area is 126 Å². The molecule has 0 saturated heterocycles. The van der Waals surface area contributed by atoms with Gasteiger partial charge >= 0.3 is 6.36 Å². The number of benzene rings is 1. The summed E-state index contributed by atoms with van der Waals surface area (Å²) >= 11 is 4.72. The number of halogens is 4. The zero-order valence-corrected chi connectivity index (χ0v) is 12.8. The van der Waals surface area contributed by atoms with Crippen molar-refractivity contribution in [2.45, 2.75) is 19.8 Å². The minimum absolute atomic E-state index is 0.250. The molecule has 0 aliphatic carbocycles. The summed E-state index contributed by atoms with van der Waals surface area (Å²) in [6.07, 6.45) is -4.71. The maximum atomic E-state index is 12.4. The SMILES string of the molecule is Cc1ccc(CNc2ccc(Br)cc2OC(F)(F)F)s1. The van der Waals surface area contributed by atoms with Crippen LogP contribution in [-0.4, -0.2) is 6.36 Å². The highest BCUT2D eigenvalue weighted by atomic mass is 79.9. The zero-order chi connectivity index (χ0) is 14.8. The van der Waals surface area contributed by atoms with Crippen LogP contribution in [0.3, 0.4) is 0 Å². The summed E-state index contributed by atoms with van der Waals surface area (Å²) in [6, 6.07) is 8.40. The van der Waals surface area contributed by atoms with Gasteiger partial charge in [-0.2, -0.15) is 0 Å². The monoisotopic (exact) mass is 365 g/mol. The quantitative estimate of drug-likeness (QED) is 0.790. The van der Waals surface area contributed by atoms with E-state index in [0.717, 1.165) is 9.75 Å². The van der Waals surface area contributed by atoms with Gasteiger partial charge in [0, 0.05) is 20.8 Å². The van der Waals surface area contributed by atoms with Gasteiger partial charge in [0.05, 0.1) is 5.69 Å². The smallest absolute Gasteiger partial charge is 0.404 e. The molecule has 0 bridgehead atoms. The predicted molar refractivity (Wildman–Crippen MR) is 77.2 cm³/mol. The lowest BCUT2D eigenvalue weighted by Crippen LogP contribution is -2.18. The fourth-order valence-corrected chi connectivity index (χ4v) is 2.78. The van der Waals surface area contributed by atoms with Crippen LogP contribution in [0.2, 0.25) is 0 Å². The van der Waals surface area contributed by atoms with Crippen LogP contribution in [0.5, 0.6) is 5.75 Å². The Bertz CT molecular complexity index is 598. The average molecular weight is 366 g/mol. The summed E-state index contributed by atoms with van der Waals surface area (Å²) in [6.45, 7) is 2.43. The first-order chi connectivity index (χ1) is 9.33. The summed E-state index contributed by atoms with van der Waals surface area (Å²) in [5, 5.41) is 2.96. The molecule has 20 heavy (non-hydrogen) atoms. The molecule has 2 nitrogen and oxygen atoms in total. The molecule has 0 radical (unpaired) electrons. The molecular formula is C13H11BrF3NOS. The van der Waals surface area contributed by atoms with Crippen LogP contribution in [0.4, 0.5) is 18.9 Å². The number of ether oxygens (including phenoxy) is 1. The maximum absolute atomic E-state index is 12.4. The van der Waals surface area contributed by atoms with Crippen molar-refractivity contribution in [2.24, 2.45) is 0 Å². The van der Waals surface area contributed by atoms with Crippen molar-refractivity contribution in [3.63, 3.8) is 0 Å². The minimum Gasteiger partial charge on any atom is -0.404 e. The summed E-state index contributed by atoms with van der Waals surface area (Å²) in [7, 11) is 0. The minimum atomic E-state index is -4.71. The van der Waals surface area contributed by atoms with E-state index in [1.807, 2.05) is 19.1 Å². The summed E-state index contributed by atoms with van der Waals surface area (Å²) < 4.78 is 41.6.